The van der Waals surface area contributed by atoms with Crippen molar-refractivity contribution in [3.63, 3.8) is 0 Å². The third kappa shape index (κ3) is 3.94. The van der Waals surface area contributed by atoms with Gasteiger partial charge in [0, 0.05) is 0 Å². The molecule has 2 aromatic carbocycles. The molecule has 0 spiro atoms. The number of amides is 1. The Kier molecular flexibility index (Phi) is 4.46. The number of nitrogens with two attached hydrogens (primary N) is 1. The zero-order chi connectivity index (χ0) is 15.5. The first-order valence-corrected chi connectivity index (χ1v) is 7.30. The lowest BCUT2D eigenvalue weighted by Gasteiger charge is -2.26. The standard InChI is InChI=1S/C19H23NO/c1-14-4-8-16(9-5-14)12-19(3,18(20)21)13-17-10-6-15(2)7-11-17/h4-11H,12-13H2,1-3H3,(H2,20,21). The van der Waals surface area contributed by atoms with Crippen molar-refractivity contribution in [2.24, 2.45) is 11.1 Å². The molecule has 0 aliphatic heterocycles. The van der Waals surface area contributed by atoms with Gasteiger partial charge in [-0.1, -0.05) is 66.6 Å². The number of benzene rings is 2. The van der Waals surface area contributed by atoms with E-state index in [0.717, 1.165) is 11.1 Å². The smallest absolute Gasteiger partial charge is 0.224 e. The summed E-state index contributed by atoms with van der Waals surface area (Å²) in [6, 6.07) is 16.6. The number of carbonyl (C=O) groups is 1. The molecule has 0 saturated carbocycles. The van der Waals surface area contributed by atoms with Crippen LogP contribution in [0.15, 0.2) is 48.5 Å². The highest BCUT2D eigenvalue weighted by atomic mass is 16.1. The van der Waals surface area contributed by atoms with Gasteiger partial charge >= 0.3 is 0 Å². The molecular weight excluding hydrogens is 258 g/mol. The van der Waals surface area contributed by atoms with E-state index in [4.69, 9.17) is 5.73 Å². The lowest BCUT2D eigenvalue weighted by Crippen LogP contribution is -2.38. The second-order valence-corrected chi connectivity index (χ2v) is 6.25. The molecule has 2 heteroatoms. The van der Waals surface area contributed by atoms with Crippen LogP contribution in [0.1, 0.15) is 29.2 Å². The Hall–Kier alpha value is -2.09. The Balaban J connectivity index is 2.21. The summed E-state index contributed by atoms with van der Waals surface area (Å²) in [6.45, 7) is 6.07. The molecule has 2 rings (SSSR count). The fourth-order valence-corrected chi connectivity index (χ4v) is 2.55. The number of hydrogen-bond donors (Lipinski definition) is 1. The van der Waals surface area contributed by atoms with Gasteiger partial charge in [-0.25, -0.2) is 0 Å². The van der Waals surface area contributed by atoms with Crippen LogP contribution in [-0.4, -0.2) is 5.91 Å². The molecule has 2 N–H and O–H groups in total. The fourth-order valence-electron chi connectivity index (χ4n) is 2.55. The maximum atomic E-state index is 12.0. The van der Waals surface area contributed by atoms with Crippen molar-refractivity contribution in [2.75, 3.05) is 0 Å². The first kappa shape index (κ1) is 15.3. The molecule has 0 unspecified atom stereocenters. The van der Waals surface area contributed by atoms with Gasteiger partial charge in [-0.15, -0.1) is 0 Å². The van der Waals surface area contributed by atoms with Crippen LogP contribution in [0.4, 0.5) is 0 Å². The number of hydrogen-bond acceptors (Lipinski definition) is 1. The van der Waals surface area contributed by atoms with Gasteiger partial charge in [-0.05, 0) is 37.8 Å². The van der Waals surface area contributed by atoms with Gasteiger partial charge in [0.15, 0.2) is 0 Å². The van der Waals surface area contributed by atoms with Gasteiger partial charge in [-0.3, -0.25) is 4.79 Å². The lowest BCUT2D eigenvalue weighted by atomic mass is 9.77. The number of rotatable bonds is 5. The molecular formula is C19H23NO. The van der Waals surface area contributed by atoms with Crippen LogP contribution in [0.25, 0.3) is 0 Å². The SMILES string of the molecule is Cc1ccc(CC(C)(Cc2ccc(C)cc2)C(N)=O)cc1. The molecule has 0 radical (unpaired) electrons. The molecule has 0 heterocycles. The second kappa shape index (κ2) is 6.13. The maximum Gasteiger partial charge on any atom is 0.224 e. The lowest BCUT2D eigenvalue weighted by molar-refractivity contribution is -0.126. The van der Waals surface area contributed by atoms with Crippen molar-refractivity contribution in [1.29, 1.82) is 0 Å². The van der Waals surface area contributed by atoms with Crippen molar-refractivity contribution in [3.8, 4) is 0 Å². The Morgan fingerprint density at radius 2 is 1.19 bits per heavy atom. The van der Waals surface area contributed by atoms with E-state index in [-0.39, 0.29) is 5.91 Å². The summed E-state index contributed by atoms with van der Waals surface area (Å²) >= 11 is 0. The minimum atomic E-state index is -0.565. The van der Waals surface area contributed by atoms with E-state index >= 15 is 0 Å². The topological polar surface area (TPSA) is 43.1 Å². The first-order valence-electron chi connectivity index (χ1n) is 7.30. The molecule has 0 aliphatic carbocycles. The van der Waals surface area contributed by atoms with E-state index in [1.807, 2.05) is 6.92 Å². The number of primary amides is 1. The van der Waals surface area contributed by atoms with Crippen molar-refractivity contribution in [3.05, 3.63) is 70.8 Å². The van der Waals surface area contributed by atoms with E-state index < -0.39 is 5.41 Å². The zero-order valence-electron chi connectivity index (χ0n) is 13.0. The molecule has 0 saturated heterocycles. The molecule has 0 atom stereocenters. The molecule has 2 nitrogen and oxygen atoms in total. The highest BCUT2D eigenvalue weighted by Crippen LogP contribution is 2.27. The minimum absolute atomic E-state index is 0.247. The van der Waals surface area contributed by atoms with E-state index in [2.05, 4.69) is 62.4 Å². The third-order valence-electron chi connectivity index (χ3n) is 4.02. The van der Waals surface area contributed by atoms with Crippen LogP contribution in [0, 0.1) is 19.3 Å². The van der Waals surface area contributed by atoms with Gasteiger partial charge in [0.2, 0.25) is 5.91 Å². The largest absolute Gasteiger partial charge is 0.369 e. The molecule has 0 aromatic heterocycles. The van der Waals surface area contributed by atoms with Crippen LogP contribution >= 0.6 is 0 Å². The van der Waals surface area contributed by atoms with Gasteiger partial charge < -0.3 is 5.73 Å². The summed E-state index contributed by atoms with van der Waals surface area (Å²) in [5.74, 6) is -0.247. The highest BCUT2D eigenvalue weighted by molar-refractivity contribution is 5.81. The Labute approximate surface area is 127 Å². The molecule has 0 fully saturated rings. The summed E-state index contributed by atoms with van der Waals surface area (Å²) in [7, 11) is 0. The summed E-state index contributed by atoms with van der Waals surface area (Å²) in [5.41, 5.74) is 9.86. The molecule has 0 bridgehead atoms. The Morgan fingerprint density at radius 1 is 0.857 bits per heavy atom. The van der Waals surface area contributed by atoms with Gasteiger partial charge in [0.05, 0.1) is 5.41 Å². The van der Waals surface area contributed by atoms with Gasteiger partial charge in [0.25, 0.3) is 0 Å². The highest BCUT2D eigenvalue weighted by Gasteiger charge is 2.31. The van der Waals surface area contributed by atoms with Crippen molar-refractivity contribution in [2.45, 2.75) is 33.6 Å². The van der Waals surface area contributed by atoms with Crippen LogP contribution in [0.2, 0.25) is 0 Å². The van der Waals surface area contributed by atoms with E-state index in [1.165, 1.54) is 11.1 Å². The fraction of sp³-hybridized carbons (Fsp3) is 0.316. The molecule has 2 aromatic rings. The van der Waals surface area contributed by atoms with E-state index in [9.17, 15) is 4.79 Å². The van der Waals surface area contributed by atoms with Gasteiger partial charge in [0.1, 0.15) is 0 Å². The number of carbonyl (C=O) groups excluding carboxylic acids is 1. The summed E-state index contributed by atoms with van der Waals surface area (Å²) in [4.78, 5) is 12.0. The summed E-state index contributed by atoms with van der Waals surface area (Å²) in [5, 5.41) is 0. The van der Waals surface area contributed by atoms with Crippen LogP contribution < -0.4 is 5.73 Å². The van der Waals surface area contributed by atoms with Crippen LogP contribution in [-0.2, 0) is 17.6 Å². The van der Waals surface area contributed by atoms with Gasteiger partial charge in [-0.2, -0.15) is 0 Å². The predicted octanol–water partition coefficient (Wildman–Crippen LogP) is 3.58. The van der Waals surface area contributed by atoms with Crippen molar-refractivity contribution in [1.82, 2.24) is 0 Å². The molecule has 21 heavy (non-hydrogen) atoms. The zero-order valence-corrected chi connectivity index (χ0v) is 13.0. The normalized spacial score (nSPS) is 11.4. The Bertz CT molecular complexity index is 564. The molecule has 1 amide bonds. The minimum Gasteiger partial charge on any atom is -0.369 e. The second-order valence-electron chi connectivity index (χ2n) is 6.25. The van der Waals surface area contributed by atoms with Crippen LogP contribution in [0.3, 0.4) is 0 Å². The Morgan fingerprint density at radius 3 is 1.48 bits per heavy atom. The summed E-state index contributed by atoms with van der Waals surface area (Å²) < 4.78 is 0. The number of aryl methyl sites for hydroxylation is 2. The molecule has 0 aliphatic rings. The van der Waals surface area contributed by atoms with Crippen molar-refractivity contribution >= 4 is 5.91 Å². The molecule has 110 valence electrons. The average molecular weight is 281 g/mol. The summed E-state index contributed by atoms with van der Waals surface area (Å²) in [6.07, 6.45) is 1.33. The predicted molar refractivity (Wildman–Crippen MR) is 87.1 cm³/mol. The third-order valence-corrected chi connectivity index (χ3v) is 4.02. The van der Waals surface area contributed by atoms with Crippen molar-refractivity contribution < 1.29 is 4.79 Å². The first-order chi connectivity index (χ1) is 9.89. The van der Waals surface area contributed by atoms with E-state index in [0.29, 0.717) is 12.8 Å². The van der Waals surface area contributed by atoms with Crippen LogP contribution in [0.5, 0.6) is 0 Å². The monoisotopic (exact) mass is 281 g/mol. The van der Waals surface area contributed by atoms with E-state index in [1.54, 1.807) is 0 Å². The quantitative estimate of drug-likeness (QED) is 0.894. The average Bonchev–Trinajstić information content (AvgIpc) is 2.44. The maximum absolute atomic E-state index is 12.0.